The van der Waals surface area contributed by atoms with Gasteiger partial charge in [-0.15, -0.1) is 0 Å². The van der Waals surface area contributed by atoms with Gasteiger partial charge in [0.15, 0.2) is 0 Å². The van der Waals surface area contributed by atoms with Gasteiger partial charge in [-0.3, -0.25) is 4.98 Å². The zero-order valence-corrected chi connectivity index (χ0v) is 5.88. The van der Waals surface area contributed by atoms with Crippen LogP contribution in [0.3, 0.4) is 0 Å². The van der Waals surface area contributed by atoms with E-state index in [0.717, 1.165) is 5.92 Å². The molecule has 51 valence electrons. The first-order chi connectivity index (χ1) is 4.95. The number of hydrogen-bond donors (Lipinski definition) is 0. The smallest absolute Gasteiger partial charge is 0.0306 e. The third kappa shape index (κ3) is 1.35. The summed E-state index contributed by atoms with van der Waals surface area (Å²) in [7, 11) is 0. The van der Waals surface area contributed by atoms with Crippen LogP contribution in [0.2, 0.25) is 0 Å². The molecule has 10 heavy (non-hydrogen) atoms. The molecular formula is C9H10N. The van der Waals surface area contributed by atoms with Crippen LogP contribution in [0.1, 0.15) is 18.4 Å². The van der Waals surface area contributed by atoms with Crippen molar-refractivity contribution in [2.75, 3.05) is 0 Å². The van der Waals surface area contributed by atoms with Gasteiger partial charge in [-0.1, -0.05) is 0 Å². The van der Waals surface area contributed by atoms with E-state index in [4.69, 9.17) is 0 Å². The lowest BCUT2D eigenvalue weighted by Gasteiger charge is -1.94. The topological polar surface area (TPSA) is 12.9 Å². The summed E-state index contributed by atoms with van der Waals surface area (Å²) in [5.74, 6) is 0.945. The van der Waals surface area contributed by atoms with E-state index in [2.05, 4.69) is 11.1 Å². The van der Waals surface area contributed by atoms with E-state index in [1.54, 1.807) is 6.20 Å². The van der Waals surface area contributed by atoms with Crippen molar-refractivity contribution >= 4 is 0 Å². The van der Waals surface area contributed by atoms with Crippen LogP contribution in [0, 0.1) is 12.0 Å². The molecule has 1 aromatic rings. The Hall–Kier alpha value is -0.850. The van der Waals surface area contributed by atoms with Crippen molar-refractivity contribution in [3.63, 3.8) is 0 Å². The first kappa shape index (κ1) is 5.90. The Bertz CT molecular complexity index is 201. The molecule has 0 bridgehead atoms. The molecule has 0 aromatic carbocycles. The van der Waals surface area contributed by atoms with Crippen molar-refractivity contribution in [3.05, 3.63) is 30.1 Å². The van der Waals surface area contributed by atoms with Gasteiger partial charge in [0.05, 0.1) is 0 Å². The number of aromatic nitrogens is 1. The lowest BCUT2D eigenvalue weighted by Crippen LogP contribution is -1.86. The molecule has 0 amide bonds. The molecule has 0 N–H and O–H groups in total. The number of pyridine rings is 1. The highest BCUT2D eigenvalue weighted by molar-refractivity contribution is 5.08. The molecule has 0 unspecified atom stereocenters. The Morgan fingerprint density at radius 2 is 2.50 bits per heavy atom. The predicted octanol–water partition coefficient (Wildman–Crippen LogP) is 1.83. The van der Waals surface area contributed by atoms with E-state index in [1.807, 2.05) is 12.3 Å². The van der Waals surface area contributed by atoms with Crippen LogP contribution >= 0.6 is 0 Å². The number of rotatable bonds is 2. The fraction of sp³-hybridized carbons (Fsp3) is 0.444. The van der Waals surface area contributed by atoms with Crippen molar-refractivity contribution < 1.29 is 0 Å². The van der Waals surface area contributed by atoms with Gasteiger partial charge in [0.1, 0.15) is 0 Å². The van der Waals surface area contributed by atoms with Gasteiger partial charge in [-0.05, 0) is 42.9 Å². The van der Waals surface area contributed by atoms with Crippen LogP contribution in [0.4, 0.5) is 0 Å². The van der Waals surface area contributed by atoms with Gasteiger partial charge in [-0.25, -0.2) is 0 Å². The Kier molecular flexibility index (Phi) is 1.42. The van der Waals surface area contributed by atoms with Gasteiger partial charge in [0.2, 0.25) is 0 Å². The molecule has 1 saturated carbocycles. The normalized spacial score (nSPS) is 17.2. The molecule has 0 spiro atoms. The Labute approximate surface area is 61.1 Å². The Balaban J connectivity index is 2.03. The third-order valence-corrected chi connectivity index (χ3v) is 1.87. The molecule has 1 heterocycles. The summed E-state index contributed by atoms with van der Waals surface area (Å²) in [4.78, 5) is 4.03. The van der Waals surface area contributed by atoms with Crippen LogP contribution in [0.25, 0.3) is 0 Å². The molecule has 2 rings (SSSR count). The van der Waals surface area contributed by atoms with Crippen molar-refractivity contribution in [1.82, 2.24) is 4.98 Å². The summed E-state index contributed by atoms with van der Waals surface area (Å²) >= 11 is 0. The Morgan fingerprint density at radius 1 is 1.60 bits per heavy atom. The summed E-state index contributed by atoms with van der Waals surface area (Å²) in [5, 5.41) is 0. The average molecular weight is 132 g/mol. The van der Waals surface area contributed by atoms with E-state index in [9.17, 15) is 0 Å². The maximum absolute atomic E-state index is 4.03. The first-order valence-corrected chi connectivity index (χ1v) is 3.76. The van der Waals surface area contributed by atoms with E-state index < -0.39 is 0 Å². The Morgan fingerprint density at radius 3 is 3.10 bits per heavy atom. The molecule has 1 nitrogen and oxygen atoms in total. The lowest BCUT2D eigenvalue weighted by molar-refractivity contribution is 0.826. The summed E-state index contributed by atoms with van der Waals surface area (Å²) in [6.07, 6.45) is 7.69. The maximum atomic E-state index is 4.03. The van der Waals surface area contributed by atoms with Crippen LogP contribution in [0.15, 0.2) is 18.5 Å². The first-order valence-electron chi connectivity index (χ1n) is 3.76. The summed E-state index contributed by atoms with van der Waals surface area (Å²) in [6, 6.07) is 5.06. The van der Waals surface area contributed by atoms with E-state index in [0.29, 0.717) is 0 Å². The molecule has 1 aromatic heterocycles. The highest BCUT2D eigenvalue weighted by Gasteiger charge is 2.21. The van der Waals surface area contributed by atoms with Gasteiger partial charge in [-0.2, -0.15) is 0 Å². The molecule has 0 atom stereocenters. The highest BCUT2D eigenvalue weighted by atomic mass is 14.6. The molecule has 1 aliphatic rings. The van der Waals surface area contributed by atoms with Gasteiger partial charge < -0.3 is 0 Å². The average Bonchev–Trinajstić information content (AvgIpc) is 2.74. The minimum absolute atomic E-state index is 0.945. The molecule has 1 aliphatic carbocycles. The minimum Gasteiger partial charge on any atom is -0.264 e. The molecular weight excluding hydrogens is 122 g/mol. The quantitative estimate of drug-likeness (QED) is 0.598. The van der Waals surface area contributed by atoms with Gasteiger partial charge in [0.25, 0.3) is 0 Å². The SMILES string of the molecule is [c]1ccncc1CC1CC1. The molecule has 0 aliphatic heterocycles. The standard InChI is InChI=1S/C9H10N/c1-2-9(7-10-5-1)6-8-3-4-8/h1,5,7-8H,3-4,6H2. The largest absolute Gasteiger partial charge is 0.264 e. The van der Waals surface area contributed by atoms with E-state index in [1.165, 1.54) is 24.8 Å². The van der Waals surface area contributed by atoms with Crippen molar-refractivity contribution in [1.29, 1.82) is 0 Å². The monoisotopic (exact) mass is 132 g/mol. The molecule has 0 saturated heterocycles. The third-order valence-electron chi connectivity index (χ3n) is 1.87. The fourth-order valence-corrected chi connectivity index (χ4v) is 1.10. The van der Waals surface area contributed by atoms with Crippen LogP contribution in [-0.4, -0.2) is 4.98 Å². The second kappa shape index (κ2) is 2.41. The minimum atomic E-state index is 0.945. The maximum Gasteiger partial charge on any atom is 0.0306 e. The second-order valence-electron chi connectivity index (χ2n) is 2.91. The second-order valence-corrected chi connectivity index (χ2v) is 2.91. The molecule has 1 fully saturated rings. The molecule has 1 heteroatoms. The van der Waals surface area contributed by atoms with E-state index >= 15 is 0 Å². The van der Waals surface area contributed by atoms with Gasteiger partial charge >= 0.3 is 0 Å². The van der Waals surface area contributed by atoms with Crippen molar-refractivity contribution in [3.8, 4) is 0 Å². The van der Waals surface area contributed by atoms with Crippen LogP contribution in [0.5, 0.6) is 0 Å². The van der Waals surface area contributed by atoms with Crippen LogP contribution in [-0.2, 0) is 6.42 Å². The highest BCUT2D eigenvalue weighted by Crippen LogP contribution is 2.31. The predicted molar refractivity (Wildman–Crippen MR) is 39.5 cm³/mol. The number of hydrogen-bond acceptors (Lipinski definition) is 1. The molecule has 1 radical (unpaired) electrons. The van der Waals surface area contributed by atoms with Gasteiger partial charge in [0, 0.05) is 12.4 Å². The zero-order chi connectivity index (χ0) is 6.81. The fourth-order valence-electron chi connectivity index (χ4n) is 1.10. The van der Waals surface area contributed by atoms with E-state index in [-0.39, 0.29) is 0 Å². The summed E-state index contributed by atoms with van der Waals surface area (Å²) < 4.78 is 0. The van der Waals surface area contributed by atoms with Crippen LogP contribution < -0.4 is 0 Å². The summed E-state index contributed by atoms with van der Waals surface area (Å²) in [5.41, 5.74) is 1.27. The number of nitrogens with zero attached hydrogens (tertiary/aromatic N) is 1. The summed E-state index contributed by atoms with van der Waals surface area (Å²) in [6.45, 7) is 0. The lowest BCUT2D eigenvalue weighted by atomic mass is 10.1. The zero-order valence-electron chi connectivity index (χ0n) is 5.88. The van der Waals surface area contributed by atoms with Crippen molar-refractivity contribution in [2.24, 2.45) is 5.92 Å². The van der Waals surface area contributed by atoms with Crippen molar-refractivity contribution in [2.45, 2.75) is 19.3 Å².